The zero-order valence-corrected chi connectivity index (χ0v) is 17.4. The standard InChI is InChI=1S/C21H18BrN3O4/c1-12-9-14(7-8-15(12)22)23-18(26)11-25-19(27)21(2,24-20(25)28)17-10-13-5-3-4-6-16(13)29-17/h3-10H,11H2,1-2H3,(H,23,26)(H,24,28). The lowest BCUT2D eigenvalue weighted by molar-refractivity contribution is -0.134. The smallest absolute Gasteiger partial charge is 0.325 e. The van der Waals surface area contributed by atoms with Gasteiger partial charge in [0.05, 0.1) is 0 Å². The zero-order chi connectivity index (χ0) is 20.8. The third-order valence-corrected chi connectivity index (χ3v) is 5.83. The van der Waals surface area contributed by atoms with E-state index in [4.69, 9.17) is 4.42 Å². The molecule has 1 aliphatic heterocycles. The summed E-state index contributed by atoms with van der Waals surface area (Å²) in [5.74, 6) is -0.684. The predicted octanol–water partition coefficient (Wildman–Crippen LogP) is 3.91. The van der Waals surface area contributed by atoms with E-state index < -0.39 is 29.9 Å². The second kappa shape index (κ2) is 7.04. The third-order valence-electron chi connectivity index (χ3n) is 4.94. The van der Waals surface area contributed by atoms with Gasteiger partial charge in [-0.1, -0.05) is 34.1 Å². The average molecular weight is 456 g/mol. The molecule has 1 fully saturated rings. The molecule has 0 spiro atoms. The highest BCUT2D eigenvalue weighted by Crippen LogP contribution is 2.33. The number of para-hydroxylation sites is 1. The maximum atomic E-state index is 13.0. The molecule has 4 amide bonds. The summed E-state index contributed by atoms with van der Waals surface area (Å²) in [5.41, 5.74) is 0.788. The normalized spacial score (nSPS) is 18.9. The molecule has 0 aliphatic carbocycles. The van der Waals surface area contributed by atoms with E-state index in [1.807, 2.05) is 31.2 Å². The molecule has 2 heterocycles. The fourth-order valence-electron chi connectivity index (χ4n) is 3.30. The summed E-state index contributed by atoms with van der Waals surface area (Å²) >= 11 is 3.40. The Labute approximate surface area is 175 Å². The van der Waals surface area contributed by atoms with E-state index in [-0.39, 0.29) is 0 Å². The molecule has 1 unspecified atom stereocenters. The molecule has 0 bridgehead atoms. The van der Waals surface area contributed by atoms with Crippen LogP contribution in [0, 0.1) is 6.92 Å². The first-order valence-corrected chi connectivity index (χ1v) is 9.76. The average Bonchev–Trinajstić information content (AvgIpc) is 3.21. The molecule has 3 aromatic rings. The molecule has 8 heteroatoms. The molecule has 2 N–H and O–H groups in total. The van der Waals surface area contributed by atoms with Crippen molar-refractivity contribution in [2.45, 2.75) is 19.4 Å². The Morgan fingerprint density at radius 3 is 2.69 bits per heavy atom. The second-order valence-corrected chi connectivity index (χ2v) is 7.96. The van der Waals surface area contributed by atoms with Gasteiger partial charge in [-0.05, 0) is 49.7 Å². The first-order valence-electron chi connectivity index (χ1n) is 8.97. The summed E-state index contributed by atoms with van der Waals surface area (Å²) in [6.45, 7) is 3.08. The largest absolute Gasteiger partial charge is 0.458 e. The van der Waals surface area contributed by atoms with Gasteiger partial charge >= 0.3 is 6.03 Å². The Kier molecular flexibility index (Phi) is 4.66. The van der Waals surface area contributed by atoms with Crippen LogP contribution in [0.5, 0.6) is 0 Å². The van der Waals surface area contributed by atoms with Crippen LogP contribution in [-0.4, -0.2) is 29.3 Å². The zero-order valence-electron chi connectivity index (χ0n) is 15.8. The van der Waals surface area contributed by atoms with E-state index in [0.717, 1.165) is 20.3 Å². The summed E-state index contributed by atoms with van der Waals surface area (Å²) in [4.78, 5) is 38.8. The molecule has 2 aromatic carbocycles. The van der Waals surface area contributed by atoms with Crippen molar-refractivity contribution in [2.75, 3.05) is 11.9 Å². The van der Waals surface area contributed by atoms with Crippen molar-refractivity contribution >= 4 is 50.4 Å². The first-order chi connectivity index (χ1) is 13.8. The minimum absolute atomic E-state index is 0.323. The van der Waals surface area contributed by atoms with Crippen LogP contribution in [0.25, 0.3) is 11.0 Å². The van der Waals surface area contributed by atoms with Gasteiger partial charge in [-0.15, -0.1) is 0 Å². The maximum absolute atomic E-state index is 13.0. The van der Waals surface area contributed by atoms with Crippen molar-refractivity contribution in [1.29, 1.82) is 0 Å². The van der Waals surface area contributed by atoms with E-state index in [9.17, 15) is 14.4 Å². The van der Waals surface area contributed by atoms with Crippen LogP contribution < -0.4 is 10.6 Å². The molecule has 1 atom stereocenters. The Morgan fingerprint density at radius 2 is 1.97 bits per heavy atom. The number of imide groups is 1. The van der Waals surface area contributed by atoms with Gasteiger partial charge in [0.25, 0.3) is 5.91 Å². The van der Waals surface area contributed by atoms with Crippen molar-refractivity contribution in [3.05, 3.63) is 64.3 Å². The number of carbonyl (C=O) groups excluding carboxylic acids is 3. The number of hydrogen-bond acceptors (Lipinski definition) is 4. The number of benzene rings is 2. The van der Waals surface area contributed by atoms with Gasteiger partial charge in [0.2, 0.25) is 5.91 Å². The highest BCUT2D eigenvalue weighted by atomic mass is 79.9. The number of anilines is 1. The van der Waals surface area contributed by atoms with Crippen molar-refractivity contribution in [2.24, 2.45) is 0 Å². The van der Waals surface area contributed by atoms with Gasteiger partial charge in [-0.25, -0.2) is 4.79 Å². The van der Waals surface area contributed by atoms with Crippen LogP contribution in [0.2, 0.25) is 0 Å². The SMILES string of the molecule is Cc1cc(NC(=O)CN2C(=O)NC(C)(c3cc4ccccc4o3)C2=O)ccc1Br. The molecular formula is C21H18BrN3O4. The van der Waals surface area contributed by atoms with Crippen LogP contribution in [0.4, 0.5) is 10.5 Å². The molecule has 148 valence electrons. The summed E-state index contributed by atoms with van der Waals surface area (Å²) < 4.78 is 6.70. The van der Waals surface area contributed by atoms with Gasteiger partial charge in [0.15, 0.2) is 5.54 Å². The molecule has 1 aromatic heterocycles. The number of furan rings is 1. The van der Waals surface area contributed by atoms with Crippen LogP contribution in [0.1, 0.15) is 18.2 Å². The topological polar surface area (TPSA) is 91.7 Å². The molecule has 1 saturated heterocycles. The lowest BCUT2D eigenvalue weighted by Crippen LogP contribution is -2.41. The summed E-state index contributed by atoms with van der Waals surface area (Å²) in [5, 5.41) is 6.19. The molecular weight excluding hydrogens is 438 g/mol. The van der Waals surface area contributed by atoms with E-state index in [1.165, 1.54) is 0 Å². The number of halogens is 1. The van der Waals surface area contributed by atoms with Gasteiger partial charge in [0, 0.05) is 15.5 Å². The summed E-state index contributed by atoms with van der Waals surface area (Å²) in [6.07, 6.45) is 0. The first kappa shape index (κ1) is 19.2. The van der Waals surface area contributed by atoms with Gasteiger partial charge in [-0.3, -0.25) is 14.5 Å². The highest BCUT2D eigenvalue weighted by Gasteiger charge is 2.51. The Bertz CT molecular complexity index is 1120. The van der Waals surface area contributed by atoms with E-state index >= 15 is 0 Å². The number of fused-ring (bicyclic) bond motifs is 1. The quantitative estimate of drug-likeness (QED) is 0.583. The number of carbonyl (C=O) groups is 3. The molecule has 7 nitrogen and oxygen atoms in total. The van der Waals surface area contributed by atoms with Crippen LogP contribution in [0.3, 0.4) is 0 Å². The second-order valence-electron chi connectivity index (χ2n) is 7.11. The van der Waals surface area contributed by atoms with E-state index in [0.29, 0.717) is 17.0 Å². The third kappa shape index (κ3) is 3.40. The number of aryl methyl sites for hydroxylation is 1. The maximum Gasteiger partial charge on any atom is 0.325 e. The minimum Gasteiger partial charge on any atom is -0.458 e. The molecule has 1 aliphatic rings. The number of urea groups is 1. The van der Waals surface area contributed by atoms with Crippen molar-refractivity contribution in [1.82, 2.24) is 10.2 Å². The summed E-state index contributed by atoms with van der Waals surface area (Å²) in [6, 6.07) is 13.8. The highest BCUT2D eigenvalue weighted by molar-refractivity contribution is 9.10. The van der Waals surface area contributed by atoms with Crippen molar-refractivity contribution in [3.63, 3.8) is 0 Å². The lowest BCUT2D eigenvalue weighted by Gasteiger charge is -2.19. The van der Waals surface area contributed by atoms with Gasteiger partial charge < -0.3 is 15.1 Å². The van der Waals surface area contributed by atoms with Crippen LogP contribution >= 0.6 is 15.9 Å². The van der Waals surface area contributed by atoms with Crippen LogP contribution in [-0.2, 0) is 15.1 Å². The molecule has 0 saturated carbocycles. The van der Waals surface area contributed by atoms with Crippen LogP contribution in [0.15, 0.2) is 57.4 Å². The Morgan fingerprint density at radius 1 is 1.21 bits per heavy atom. The summed E-state index contributed by atoms with van der Waals surface area (Å²) in [7, 11) is 0. The molecule has 0 radical (unpaired) electrons. The number of nitrogens with zero attached hydrogens (tertiary/aromatic N) is 1. The minimum atomic E-state index is -1.37. The number of hydrogen-bond donors (Lipinski definition) is 2. The van der Waals surface area contributed by atoms with Gasteiger partial charge in [-0.2, -0.15) is 0 Å². The fraction of sp³-hybridized carbons (Fsp3) is 0.190. The fourth-order valence-corrected chi connectivity index (χ4v) is 3.55. The van der Waals surface area contributed by atoms with Crippen molar-refractivity contribution < 1.29 is 18.8 Å². The molecule has 4 rings (SSSR count). The van der Waals surface area contributed by atoms with Gasteiger partial charge in [0.1, 0.15) is 17.9 Å². The number of amides is 4. The lowest BCUT2D eigenvalue weighted by atomic mass is 9.99. The van der Waals surface area contributed by atoms with E-state index in [1.54, 1.807) is 31.2 Å². The number of rotatable bonds is 4. The van der Waals surface area contributed by atoms with E-state index in [2.05, 4.69) is 26.6 Å². The Balaban J connectivity index is 1.53. The molecule has 29 heavy (non-hydrogen) atoms. The monoisotopic (exact) mass is 455 g/mol. The predicted molar refractivity (Wildman–Crippen MR) is 111 cm³/mol. The van der Waals surface area contributed by atoms with Crippen molar-refractivity contribution in [3.8, 4) is 0 Å². The Hall–Kier alpha value is -3.13. The number of nitrogens with one attached hydrogen (secondary N) is 2.